The van der Waals surface area contributed by atoms with E-state index < -0.39 is 0 Å². The number of hydrogen-bond acceptors (Lipinski definition) is 4. The van der Waals surface area contributed by atoms with Crippen LogP contribution in [0.5, 0.6) is 0 Å². The van der Waals surface area contributed by atoms with Gasteiger partial charge in [0.15, 0.2) is 0 Å². The Morgan fingerprint density at radius 3 is 2.94 bits per heavy atom. The molecule has 18 heavy (non-hydrogen) atoms. The van der Waals surface area contributed by atoms with Crippen molar-refractivity contribution in [2.45, 2.75) is 33.0 Å². The molecule has 1 unspecified atom stereocenters. The Bertz CT molecular complexity index is 364. The van der Waals surface area contributed by atoms with E-state index >= 15 is 0 Å². The molecule has 1 aromatic heterocycles. The van der Waals surface area contributed by atoms with Gasteiger partial charge in [-0.1, -0.05) is 6.92 Å². The van der Waals surface area contributed by atoms with Crippen LogP contribution in [0.25, 0.3) is 0 Å². The first-order valence-electron chi connectivity index (χ1n) is 6.90. The summed E-state index contributed by atoms with van der Waals surface area (Å²) in [5.41, 5.74) is 1.32. The molecule has 0 aliphatic carbocycles. The van der Waals surface area contributed by atoms with Crippen molar-refractivity contribution in [3.63, 3.8) is 0 Å². The fourth-order valence-electron chi connectivity index (χ4n) is 2.75. The molecule has 2 heterocycles. The molecule has 0 aromatic carbocycles. The standard InChI is InChI=1S/C14H25N3O/c1-4-17-7-6-16(10-12(17)2)11-13-5-8-18-14(13)9-15-3/h5,8,12,15H,4,6-7,9-11H2,1-3H3. The lowest BCUT2D eigenvalue weighted by atomic mass is 10.1. The summed E-state index contributed by atoms with van der Waals surface area (Å²) >= 11 is 0. The van der Waals surface area contributed by atoms with Gasteiger partial charge in [0.2, 0.25) is 0 Å². The van der Waals surface area contributed by atoms with Crippen LogP contribution in [0.2, 0.25) is 0 Å². The molecule has 1 atom stereocenters. The minimum Gasteiger partial charge on any atom is -0.468 e. The van der Waals surface area contributed by atoms with Gasteiger partial charge < -0.3 is 9.73 Å². The molecule has 4 nitrogen and oxygen atoms in total. The summed E-state index contributed by atoms with van der Waals surface area (Å²) in [6.45, 7) is 11.0. The number of likely N-dealkylation sites (N-methyl/N-ethyl adjacent to an activating group) is 1. The van der Waals surface area contributed by atoms with Gasteiger partial charge in [-0.05, 0) is 26.6 Å². The number of nitrogens with one attached hydrogen (secondary N) is 1. The van der Waals surface area contributed by atoms with Gasteiger partial charge in [0.1, 0.15) is 5.76 Å². The van der Waals surface area contributed by atoms with Crippen molar-refractivity contribution in [1.29, 1.82) is 0 Å². The largest absolute Gasteiger partial charge is 0.468 e. The smallest absolute Gasteiger partial charge is 0.122 e. The van der Waals surface area contributed by atoms with E-state index in [2.05, 4.69) is 35.0 Å². The van der Waals surface area contributed by atoms with Crippen molar-refractivity contribution >= 4 is 0 Å². The number of furan rings is 1. The van der Waals surface area contributed by atoms with Crippen molar-refractivity contribution in [3.05, 3.63) is 23.7 Å². The summed E-state index contributed by atoms with van der Waals surface area (Å²) in [7, 11) is 1.95. The van der Waals surface area contributed by atoms with E-state index in [-0.39, 0.29) is 0 Å². The maximum atomic E-state index is 5.52. The van der Waals surface area contributed by atoms with E-state index in [4.69, 9.17) is 4.42 Å². The second-order valence-electron chi connectivity index (χ2n) is 5.11. The lowest BCUT2D eigenvalue weighted by molar-refractivity contribution is 0.0830. The molecule has 0 saturated carbocycles. The SMILES string of the molecule is CCN1CCN(Cc2ccoc2CNC)CC1C. The molecule has 1 saturated heterocycles. The van der Waals surface area contributed by atoms with Crippen LogP contribution in [0.1, 0.15) is 25.2 Å². The number of piperazine rings is 1. The highest BCUT2D eigenvalue weighted by Crippen LogP contribution is 2.16. The number of hydrogen-bond donors (Lipinski definition) is 1. The van der Waals surface area contributed by atoms with Crippen molar-refractivity contribution in [2.24, 2.45) is 0 Å². The summed E-state index contributed by atoms with van der Waals surface area (Å²) in [6.07, 6.45) is 1.80. The van der Waals surface area contributed by atoms with E-state index in [1.807, 2.05) is 7.05 Å². The van der Waals surface area contributed by atoms with Crippen LogP contribution in [0.4, 0.5) is 0 Å². The number of rotatable bonds is 5. The minimum absolute atomic E-state index is 0.656. The number of nitrogens with zero attached hydrogens (tertiary/aromatic N) is 2. The van der Waals surface area contributed by atoms with Gasteiger partial charge in [-0.25, -0.2) is 0 Å². The Morgan fingerprint density at radius 2 is 2.28 bits per heavy atom. The third-order valence-electron chi connectivity index (χ3n) is 3.82. The molecule has 1 fully saturated rings. The van der Waals surface area contributed by atoms with E-state index in [9.17, 15) is 0 Å². The molecule has 0 bridgehead atoms. The van der Waals surface area contributed by atoms with Crippen molar-refractivity contribution in [3.8, 4) is 0 Å². The Kier molecular flexibility index (Phi) is 4.80. The maximum absolute atomic E-state index is 5.52. The quantitative estimate of drug-likeness (QED) is 0.860. The summed E-state index contributed by atoms with van der Waals surface area (Å²) in [5, 5.41) is 3.15. The van der Waals surface area contributed by atoms with Crippen LogP contribution in [0.3, 0.4) is 0 Å². The Morgan fingerprint density at radius 1 is 1.44 bits per heavy atom. The Labute approximate surface area is 110 Å². The molecular weight excluding hydrogens is 226 g/mol. The highest BCUT2D eigenvalue weighted by atomic mass is 16.3. The van der Waals surface area contributed by atoms with Crippen molar-refractivity contribution < 1.29 is 4.42 Å². The lowest BCUT2D eigenvalue weighted by Gasteiger charge is -2.39. The summed E-state index contributed by atoms with van der Waals surface area (Å²) in [6, 6.07) is 2.76. The van der Waals surface area contributed by atoms with Crippen LogP contribution in [0, 0.1) is 0 Å². The molecule has 2 rings (SSSR count). The molecule has 1 aromatic rings. The fraction of sp³-hybridized carbons (Fsp3) is 0.714. The van der Waals surface area contributed by atoms with E-state index in [0.717, 1.165) is 38.5 Å². The van der Waals surface area contributed by atoms with Crippen LogP contribution in [-0.4, -0.2) is 49.1 Å². The molecule has 0 amide bonds. The predicted octanol–water partition coefficient (Wildman–Crippen LogP) is 1.52. The first-order chi connectivity index (χ1) is 8.74. The molecule has 4 heteroatoms. The zero-order valence-corrected chi connectivity index (χ0v) is 11.8. The van der Waals surface area contributed by atoms with Gasteiger partial charge in [0.05, 0.1) is 12.8 Å². The fourth-order valence-corrected chi connectivity index (χ4v) is 2.75. The van der Waals surface area contributed by atoms with Crippen LogP contribution < -0.4 is 5.32 Å². The summed E-state index contributed by atoms with van der Waals surface area (Å²) in [5.74, 6) is 1.07. The predicted molar refractivity (Wildman–Crippen MR) is 73.5 cm³/mol. The maximum Gasteiger partial charge on any atom is 0.122 e. The molecule has 0 spiro atoms. The Balaban J connectivity index is 1.92. The highest BCUT2D eigenvalue weighted by molar-refractivity contribution is 5.17. The van der Waals surface area contributed by atoms with Gasteiger partial charge in [0, 0.05) is 37.8 Å². The van der Waals surface area contributed by atoms with E-state index in [0.29, 0.717) is 6.04 Å². The van der Waals surface area contributed by atoms with Crippen molar-refractivity contribution in [1.82, 2.24) is 15.1 Å². The van der Waals surface area contributed by atoms with Crippen LogP contribution in [0.15, 0.2) is 16.7 Å². The van der Waals surface area contributed by atoms with Gasteiger partial charge >= 0.3 is 0 Å². The average Bonchev–Trinajstić information content (AvgIpc) is 2.78. The van der Waals surface area contributed by atoms with Crippen LogP contribution >= 0.6 is 0 Å². The minimum atomic E-state index is 0.656. The van der Waals surface area contributed by atoms with Gasteiger partial charge in [0.25, 0.3) is 0 Å². The van der Waals surface area contributed by atoms with Gasteiger partial charge in [-0.3, -0.25) is 9.80 Å². The third kappa shape index (κ3) is 3.13. The molecule has 1 aliphatic rings. The topological polar surface area (TPSA) is 31.6 Å². The van der Waals surface area contributed by atoms with Crippen LogP contribution in [-0.2, 0) is 13.1 Å². The summed E-state index contributed by atoms with van der Waals surface area (Å²) < 4.78 is 5.52. The first-order valence-corrected chi connectivity index (χ1v) is 6.90. The molecule has 0 radical (unpaired) electrons. The zero-order chi connectivity index (χ0) is 13.0. The van der Waals surface area contributed by atoms with Gasteiger partial charge in [-0.2, -0.15) is 0 Å². The molecular formula is C14H25N3O. The van der Waals surface area contributed by atoms with E-state index in [1.165, 1.54) is 12.1 Å². The zero-order valence-electron chi connectivity index (χ0n) is 11.8. The second-order valence-corrected chi connectivity index (χ2v) is 5.11. The average molecular weight is 251 g/mol. The molecule has 1 N–H and O–H groups in total. The third-order valence-corrected chi connectivity index (χ3v) is 3.82. The van der Waals surface area contributed by atoms with Gasteiger partial charge in [-0.15, -0.1) is 0 Å². The monoisotopic (exact) mass is 251 g/mol. The molecule has 1 aliphatic heterocycles. The second kappa shape index (κ2) is 6.36. The highest BCUT2D eigenvalue weighted by Gasteiger charge is 2.23. The normalized spacial score (nSPS) is 22.5. The first kappa shape index (κ1) is 13.6. The summed E-state index contributed by atoms with van der Waals surface area (Å²) in [4.78, 5) is 5.07. The van der Waals surface area contributed by atoms with E-state index in [1.54, 1.807) is 6.26 Å². The lowest BCUT2D eigenvalue weighted by Crippen LogP contribution is -2.51. The van der Waals surface area contributed by atoms with Crippen molar-refractivity contribution in [2.75, 3.05) is 33.2 Å². The molecule has 102 valence electrons. The Hall–Kier alpha value is -0.840.